The summed E-state index contributed by atoms with van der Waals surface area (Å²) < 4.78 is 0. The monoisotopic (exact) mass is 201 g/mol. The molecule has 0 amide bonds. The van der Waals surface area contributed by atoms with Crippen LogP contribution in [0.25, 0.3) is 0 Å². The molecule has 0 spiro atoms. The van der Waals surface area contributed by atoms with E-state index in [9.17, 15) is 5.11 Å². The Morgan fingerprint density at radius 2 is 2.00 bits per heavy atom. The number of hydrogen-bond donors (Lipinski definition) is 2. The minimum atomic E-state index is -0.558. The van der Waals surface area contributed by atoms with Crippen LogP contribution in [-0.2, 0) is 0 Å². The molecule has 1 aliphatic heterocycles. The van der Waals surface area contributed by atoms with E-state index >= 15 is 0 Å². The molecule has 1 aliphatic rings. The van der Waals surface area contributed by atoms with E-state index in [1.165, 1.54) is 25.7 Å². The molecule has 3 heteroatoms. The fourth-order valence-electron chi connectivity index (χ4n) is 2.22. The first kappa shape index (κ1) is 12.0. The molecule has 1 fully saturated rings. The zero-order chi connectivity index (χ0) is 10.4. The molecule has 0 aliphatic carbocycles. The maximum absolute atomic E-state index is 9.29. The molecule has 0 aromatic carbocycles. The van der Waals surface area contributed by atoms with Crippen molar-refractivity contribution in [2.45, 2.75) is 38.7 Å². The molecule has 2 N–H and O–H groups in total. The summed E-state index contributed by atoms with van der Waals surface area (Å²) in [5.74, 6) is 0.891. The van der Waals surface area contributed by atoms with Gasteiger partial charge in [0.1, 0.15) is 0 Å². The Kier molecular flexibility index (Phi) is 5.45. The van der Waals surface area contributed by atoms with Crippen LogP contribution in [0.15, 0.2) is 0 Å². The molecule has 1 unspecified atom stereocenters. The van der Waals surface area contributed by atoms with E-state index in [0.717, 1.165) is 19.0 Å². The number of aliphatic hydroxyl groups excluding tert-OH is 2. The Bertz CT molecular complexity index is 144. The van der Waals surface area contributed by atoms with Gasteiger partial charge in [0.15, 0.2) is 0 Å². The van der Waals surface area contributed by atoms with E-state index in [-0.39, 0.29) is 6.61 Å². The second-order valence-corrected chi connectivity index (χ2v) is 4.37. The largest absolute Gasteiger partial charge is 0.394 e. The highest BCUT2D eigenvalue weighted by Gasteiger charge is 2.19. The molecule has 0 saturated carbocycles. The normalized spacial score (nSPS) is 22.5. The Labute approximate surface area is 86.7 Å². The number of aliphatic hydroxyl groups is 2. The molecule has 84 valence electrons. The number of piperidine rings is 1. The third-order valence-electron chi connectivity index (χ3n) is 3.08. The van der Waals surface area contributed by atoms with Crippen molar-refractivity contribution in [3.63, 3.8) is 0 Å². The molecule has 0 radical (unpaired) electrons. The third kappa shape index (κ3) is 3.95. The van der Waals surface area contributed by atoms with Gasteiger partial charge in [0.25, 0.3) is 0 Å². The maximum Gasteiger partial charge on any atom is 0.0897 e. The van der Waals surface area contributed by atoms with E-state index in [1.54, 1.807) is 0 Å². The van der Waals surface area contributed by atoms with Gasteiger partial charge < -0.3 is 15.1 Å². The first-order chi connectivity index (χ1) is 6.76. The van der Waals surface area contributed by atoms with Crippen molar-refractivity contribution in [1.82, 2.24) is 4.90 Å². The summed E-state index contributed by atoms with van der Waals surface area (Å²) in [6.07, 6.45) is 4.58. The Morgan fingerprint density at radius 1 is 1.36 bits per heavy atom. The second-order valence-electron chi connectivity index (χ2n) is 4.37. The smallest absolute Gasteiger partial charge is 0.0897 e. The van der Waals surface area contributed by atoms with Crippen LogP contribution in [0.1, 0.15) is 32.6 Å². The van der Waals surface area contributed by atoms with Crippen molar-refractivity contribution >= 4 is 0 Å². The van der Waals surface area contributed by atoms with Crippen molar-refractivity contribution in [2.24, 2.45) is 5.92 Å². The minimum Gasteiger partial charge on any atom is -0.394 e. The first-order valence-corrected chi connectivity index (χ1v) is 5.77. The number of β-amino-alcohol motifs (C(OH)–C–C–N with tert-alkyl or cyclic N) is 1. The molecule has 1 saturated heterocycles. The Hall–Kier alpha value is -0.120. The van der Waals surface area contributed by atoms with Crippen LogP contribution in [0.4, 0.5) is 0 Å². The third-order valence-corrected chi connectivity index (χ3v) is 3.08. The van der Waals surface area contributed by atoms with Crippen molar-refractivity contribution in [3.8, 4) is 0 Å². The van der Waals surface area contributed by atoms with Crippen molar-refractivity contribution in [3.05, 3.63) is 0 Å². The lowest BCUT2D eigenvalue weighted by atomic mass is 9.92. The molecule has 1 rings (SSSR count). The highest BCUT2D eigenvalue weighted by molar-refractivity contribution is 4.73. The van der Waals surface area contributed by atoms with Gasteiger partial charge in [0, 0.05) is 6.54 Å². The van der Waals surface area contributed by atoms with Gasteiger partial charge in [-0.25, -0.2) is 0 Å². The maximum atomic E-state index is 9.29. The Morgan fingerprint density at radius 3 is 2.50 bits per heavy atom. The van der Waals surface area contributed by atoms with E-state index in [2.05, 4.69) is 11.8 Å². The summed E-state index contributed by atoms with van der Waals surface area (Å²) in [6, 6.07) is 0. The zero-order valence-electron chi connectivity index (χ0n) is 9.15. The van der Waals surface area contributed by atoms with Crippen LogP contribution < -0.4 is 0 Å². The van der Waals surface area contributed by atoms with Crippen molar-refractivity contribution in [1.29, 1.82) is 0 Å². The fourth-order valence-corrected chi connectivity index (χ4v) is 2.22. The summed E-state index contributed by atoms with van der Waals surface area (Å²) in [6.45, 7) is 4.93. The summed E-state index contributed by atoms with van der Waals surface area (Å²) in [4.78, 5) is 2.26. The fraction of sp³-hybridized carbons (Fsp3) is 1.00. The number of hydrogen-bond acceptors (Lipinski definition) is 3. The molecule has 1 atom stereocenters. The molecule has 3 nitrogen and oxygen atoms in total. The van der Waals surface area contributed by atoms with Gasteiger partial charge in [-0.3, -0.25) is 0 Å². The molecule has 0 aromatic rings. The topological polar surface area (TPSA) is 43.7 Å². The van der Waals surface area contributed by atoms with Gasteiger partial charge in [-0.05, 0) is 31.8 Å². The summed E-state index contributed by atoms with van der Waals surface area (Å²) in [7, 11) is 0. The first-order valence-electron chi connectivity index (χ1n) is 5.77. The van der Waals surface area contributed by atoms with Crippen molar-refractivity contribution < 1.29 is 10.2 Å². The van der Waals surface area contributed by atoms with E-state index in [4.69, 9.17) is 5.11 Å². The van der Waals surface area contributed by atoms with Crippen LogP contribution in [0, 0.1) is 5.92 Å². The highest BCUT2D eigenvalue weighted by atomic mass is 16.3. The van der Waals surface area contributed by atoms with E-state index < -0.39 is 6.10 Å². The number of rotatable bonds is 5. The van der Waals surface area contributed by atoms with Crippen LogP contribution in [0.5, 0.6) is 0 Å². The molecule has 0 aromatic heterocycles. The average Bonchev–Trinajstić information content (AvgIpc) is 2.21. The quantitative estimate of drug-likeness (QED) is 0.693. The van der Waals surface area contributed by atoms with Crippen molar-refractivity contribution in [2.75, 3.05) is 26.2 Å². The molecular weight excluding hydrogens is 178 g/mol. The second kappa shape index (κ2) is 6.38. The predicted molar refractivity (Wildman–Crippen MR) is 57.2 cm³/mol. The van der Waals surface area contributed by atoms with Gasteiger partial charge in [-0.2, -0.15) is 0 Å². The summed E-state index contributed by atoms with van der Waals surface area (Å²) >= 11 is 0. The summed E-state index contributed by atoms with van der Waals surface area (Å²) in [5.41, 5.74) is 0. The van der Waals surface area contributed by atoms with Gasteiger partial charge in [-0.15, -0.1) is 0 Å². The number of nitrogens with zero attached hydrogens (tertiary/aromatic N) is 1. The van der Waals surface area contributed by atoms with Crippen LogP contribution >= 0.6 is 0 Å². The zero-order valence-corrected chi connectivity index (χ0v) is 9.15. The standard InChI is InChI=1S/C11H23NO2/c1-2-3-10-4-6-12(7-5-10)8-11(14)9-13/h10-11,13-14H,2-9H2,1H3. The van der Waals surface area contributed by atoms with E-state index in [0.29, 0.717) is 6.54 Å². The van der Waals surface area contributed by atoms with Crippen LogP contribution in [0.3, 0.4) is 0 Å². The number of likely N-dealkylation sites (tertiary alicyclic amines) is 1. The van der Waals surface area contributed by atoms with Gasteiger partial charge >= 0.3 is 0 Å². The molecule has 14 heavy (non-hydrogen) atoms. The Balaban J connectivity index is 2.15. The lowest BCUT2D eigenvalue weighted by molar-refractivity contribution is 0.0468. The average molecular weight is 201 g/mol. The lowest BCUT2D eigenvalue weighted by Gasteiger charge is -2.32. The van der Waals surface area contributed by atoms with Gasteiger partial charge in [-0.1, -0.05) is 19.8 Å². The summed E-state index contributed by atoms with van der Waals surface area (Å²) in [5, 5.41) is 18.0. The van der Waals surface area contributed by atoms with Gasteiger partial charge in [0.05, 0.1) is 12.7 Å². The van der Waals surface area contributed by atoms with Gasteiger partial charge in [0.2, 0.25) is 0 Å². The molecule has 1 heterocycles. The molecule has 0 bridgehead atoms. The van der Waals surface area contributed by atoms with E-state index in [1.807, 2.05) is 0 Å². The van der Waals surface area contributed by atoms with Crippen LogP contribution in [0.2, 0.25) is 0 Å². The predicted octanol–water partition coefficient (Wildman–Crippen LogP) is 0.852. The highest BCUT2D eigenvalue weighted by Crippen LogP contribution is 2.21. The lowest BCUT2D eigenvalue weighted by Crippen LogP contribution is -2.39. The molecular formula is C11H23NO2. The van der Waals surface area contributed by atoms with Crippen LogP contribution in [-0.4, -0.2) is 47.5 Å². The SMILES string of the molecule is CCCC1CCN(CC(O)CO)CC1. The minimum absolute atomic E-state index is 0.116.